The van der Waals surface area contributed by atoms with Crippen LogP contribution >= 0.6 is 12.4 Å². The van der Waals surface area contributed by atoms with E-state index in [0.29, 0.717) is 0 Å². The second-order valence-electron chi connectivity index (χ2n) is 8.26. The predicted molar refractivity (Wildman–Crippen MR) is 132 cm³/mol. The normalized spacial score (nSPS) is 15.6. The number of benzene rings is 3. The van der Waals surface area contributed by atoms with Crippen molar-refractivity contribution >= 4 is 18.0 Å². The Bertz CT molecular complexity index is 908. The monoisotopic (exact) mass is 417 g/mol. The van der Waals surface area contributed by atoms with Crippen LogP contribution in [0.2, 0.25) is 0 Å². The van der Waals surface area contributed by atoms with E-state index in [1.165, 1.54) is 60.2 Å². The second kappa shape index (κ2) is 11.2. The van der Waals surface area contributed by atoms with Gasteiger partial charge in [-0.3, -0.25) is 4.90 Å². The molecule has 0 aromatic heterocycles. The number of hydrogen-bond acceptors (Lipinski definition) is 1. The summed E-state index contributed by atoms with van der Waals surface area (Å²) >= 11 is 0. The van der Waals surface area contributed by atoms with E-state index in [1.807, 2.05) is 0 Å². The zero-order chi connectivity index (χ0) is 19.9. The molecule has 0 aliphatic carbocycles. The molecule has 0 saturated carbocycles. The first-order chi connectivity index (χ1) is 14.3. The lowest BCUT2D eigenvalue weighted by molar-refractivity contribution is 0.200. The van der Waals surface area contributed by atoms with Gasteiger partial charge in [-0.15, -0.1) is 12.4 Å². The highest BCUT2D eigenvalue weighted by molar-refractivity contribution is 5.85. The lowest BCUT2D eigenvalue weighted by Gasteiger charge is -2.31. The molecule has 1 aliphatic heterocycles. The Balaban J connectivity index is 0.00000256. The van der Waals surface area contributed by atoms with Crippen molar-refractivity contribution in [3.63, 3.8) is 0 Å². The SMILES string of the molecule is C/C(=C\CN1CCC(Cc2ccccc2)CC1)c1ccc(-c2ccccc2)cc1.Cl. The first-order valence-electron chi connectivity index (χ1n) is 10.9. The molecule has 0 spiro atoms. The average molecular weight is 418 g/mol. The van der Waals surface area contributed by atoms with Gasteiger partial charge in [0.1, 0.15) is 0 Å². The third kappa shape index (κ3) is 6.08. The van der Waals surface area contributed by atoms with E-state index >= 15 is 0 Å². The van der Waals surface area contributed by atoms with Crippen LogP contribution < -0.4 is 0 Å². The zero-order valence-corrected chi connectivity index (χ0v) is 18.7. The van der Waals surface area contributed by atoms with Gasteiger partial charge >= 0.3 is 0 Å². The van der Waals surface area contributed by atoms with Crippen molar-refractivity contribution in [3.8, 4) is 11.1 Å². The van der Waals surface area contributed by atoms with Crippen LogP contribution in [0.5, 0.6) is 0 Å². The van der Waals surface area contributed by atoms with Crippen molar-refractivity contribution in [1.29, 1.82) is 0 Å². The van der Waals surface area contributed by atoms with Crippen molar-refractivity contribution in [2.45, 2.75) is 26.2 Å². The fraction of sp³-hybridized carbons (Fsp3) is 0.286. The molecule has 156 valence electrons. The predicted octanol–water partition coefficient (Wildman–Crippen LogP) is 7.13. The Labute approximate surface area is 187 Å². The molecule has 0 unspecified atom stereocenters. The van der Waals surface area contributed by atoms with Crippen LogP contribution in [0.1, 0.15) is 30.9 Å². The summed E-state index contributed by atoms with van der Waals surface area (Å²) in [5, 5.41) is 0. The van der Waals surface area contributed by atoms with Crippen LogP contribution in [0.4, 0.5) is 0 Å². The van der Waals surface area contributed by atoms with E-state index < -0.39 is 0 Å². The van der Waals surface area contributed by atoms with Gasteiger partial charge in [0, 0.05) is 6.54 Å². The number of nitrogens with zero attached hydrogens (tertiary/aromatic N) is 1. The maximum atomic E-state index is 2.60. The Kier molecular flexibility index (Phi) is 8.30. The van der Waals surface area contributed by atoms with Crippen molar-refractivity contribution < 1.29 is 0 Å². The van der Waals surface area contributed by atoms with Crippen molar-refractivity contribution in [2.24, 2.45) is 5.92 Å². The maximum Gasteiger partial charge on any atom is 0.0169 e. The van der Waals surface area contributed by atoms with Gasteiger partial charge in [-0.25, -0.2) is 0 Å². The summed E-state index contributed by atoms with van der Waals surface area (Å²) in [5.41, 5.74) is 6.74. The number of rotatable bonds is 6. The third-order valence-electron chi connectivity index (χ3n) is 6.18. The van der Waals surface area contributed by atoms with Crippen LogP contribution in [-0.2, 0) is 6.42 Å². The second-order valence-corrected chi connectivity index (χ2v) is 8.26. The standard InChI is InChI=1S/C28H31N.ClH/c1-23(26-12-14-28(15-13-26)27-10-6-3-7-11-27)16-19-29-20-17-25(18-21-29)22-24-8-4-2-5-9-24;/h2-16,25H,17-22H2,1H3;1H/b23-16+;. The Hall–Kier alpha value is -2.35. The lowest BCUT2D eigenvalue weighted by atomic mass is 9.90. The minimum Gasteiger partial charge on any atom is -0.300 e. The average Bonchev–Trinajstić information content (AvgIpc) is 2.80. The summed E-state index contributed by atoms with van der Waals surface area (Å²) < 4.78 is 0. The van der Waals surface area contributed by atoms with Crippen molar-refractivity contribution in [3.05, 3.63) is 102 Å². The topological polar surface area (TPSA) is 3.24 Å². The molecule has 1 saturated heterocycles. The van der Waals surface area contributed by atoms with Gasteiger partial charge in [0.2, 0.25) is 0 Å². The molecular weight excluding hydrogens is 386 g/mol. The van der Waals surface area contributed by atoms with Crippen molar-refractivity contribution in [1.82, 2.24) is 4.90 Å². The highest BCUT2D eigenvalue weighted by Gasteiger charge is 2.18. The molecule has 0 N–H and O–H groups in total. The quantitative estimate of drug-likeness (QED) is 0.412. The van der Waals surface area contributed by atoms with E-state index in [-0.39, 0.29) is 12.4 Å². The number of piperidine rings is 1. The molecule has 1 nitrogen and oxygen atoms in total. The van der Waals surface area contributed by atoms with Crippen LogP contribution in [0.15, 0.2) is 91.0 Å². The Morgan fingerprint density at radius 2 is 1.37 bits per heavy atom. The fourth-order valence-corrected chi connectivity index (χ4v) is 4.26. The van der Waals surface area contributed by atoms with Gasteiger partial charge in [0.05, 0.1) is 0 Å². The molecule has 1 aliphatic rings. The summed E-state index contributed by atoms with van der Waals surface area (Å²) in [5.74, 6) is 0.837. The van der Waals surface area contributed by atoms with Gasteiger partial charge in [0.15, 0.2) is 0 Å². The van der Waals surface area contributed by atoms with Crippen LogP contribution in [-0.4, -0.2) is 24.5 Å². The molecule has 0 radical (unpaired) electrons. The Morgan fingerprint density at radius 1 is 0.800 bits per heavy atom. The molecular formula is C28H32ClN. The summed E-state index contributed by atoms with van der Waals surface area (Å²) in [4.78, 5) is 2.60. The van der Waals surface area contributed by atoms with E-state index in [9.17, 15) is 0 Å². The summed E-state index contributed by atoms with van der Waals surface area (Å²) in [7, 11) is 0. The molecule has 0 amide bonds. The number of hydrogen-bond donors (Lipinski definition) is 0. The molecule has 1 fully saturated rings. The lowest BCUT2D eigenvalue weighted by Crippen LogP contribution is -2.34. The van der Waals surface area contributed by atoms with Gasteiger partial charge in [-0.05, 0) is 73.0 Å². The minimum absolute atomic E-state index is 0. The number of halogens is 1. The van der Waals surface area contributed by atoms with E-state index in [1.54, 1.807) is 0 Å². The largest absolute Gasteiger partial charge is 0.300 e. The molecule has 0 atom stereocenters. The Morgan fingerprint density at radius 3 is 2.00 bits per heavy atom. The summed E-state index contributed by atoms with van der Waals surface area (Å²) in [6, 6.07) is 30.5. The molecule has 3 aromatic rings. The highest BCUT2D eigenvalue weighted by atomic mass is 35.5. The van der Waals surface area contributed by atoms with E-state index in [2.05, 4.69) is 103 Å². The molecule has 30 heavy (non-hydrogen) atoms. The maximum absolute atomic E-state index is 2.60. The van der Waals surface area contributed by atoms with Crippen LogP contribution in [0.25, 0.3) is 16.7 Å². The van der Waals surface area contributed by atoms with Gasteiger partial charge in [0.25, 0.3) is 0 Å². The minimum atomic E-state index is 0. The molecule has 2 heteroatoms. The smallest absolute Gasteiger partial charge is 0.0169 e. The third-order valence-corrected chi connectivity index (χ3v) is 6.18. The van der Waals surface area contributed by atoms with E-state index in [0.717, 1.165) is 12.5 Å². The van der Waals surface area contributed by atoms with Gasteiger partial charge in [-0.1, -0.05) is 91.0 Å². The van der Waals surface area contributed by atoms with Gasteiger partial charge in [-0.2, -0.15) is 0 Å². The van der Waals surface area contributed by atoms with Crippen LogP contribution in [0, 0.1) is 5.92 Å². The summed E-state index contributed by atoms with van der Waals surface area (Å²) in [6.45, 7) is 5.73. The zero-order valence-electron chi connectivity index (χ0n) is 17.8. The van der Waals surface area contributed by atoms with E-state index in [4.69, 9.17) is 0 Å². The van der Waals surface area contributed by atoms with Gasteiger partial charge < -0.3 is 0 Å². The first-order valence-corrected chi connectivity index (χ1v) is 10.9. The molecule has 1 heterocycles. The summed E-state index contributed by atoms with van der Waals surface area (Å²) in [6.07, 6.45) is 6.26. The van der Waals surface area contributed by atoms with Crippen molar-refractivity contribution in [2.75, 3.05) is 19.6 Å². The molecule has 0 bridgehead atoms. The first kappa shape index (κ1) is 22.3. The molecule has 3 aromatic carbocycles. The highest BCUT2D eigenvalue weighted by Crippen LogP contribution is 2.24. The number of allylic oxidation sites excluding steroid dienone is 1. The molecule has 4 rings (SSSR count). The number of likely N-dealkylation sites (tertiary alicyclic amines) is 1. The fourth-order valence-electron chi connectivity index (χ4n) is 4.26. The van der Waals surface area contributed by atoms with Crippen LogP contribution in [0.3, 0.4) is 0 Å².